The van der Waals surface area contributed by atoms with E-state index in [0.717, 1.165) is 45.2 Å². The Bertz CT molecular complexity index is 395. The fourth-order valence-electron chi connectivity index (χ4n) is 3.48. The maximum absolute atomic E-state index is 12.9. The van der Waals surface area contributed by atoms with Crippen molar-refractivity contribution in [3.63, 3.8) is 0 Å². The van der Waals surface area contributed by atoms with E-state index in [4.69, 9.17) is 0 Å². The van der Waals surface area contributed by atoms with E-state index in [1.807, 2.05) is 4.90 Å². The SMILES string of the molecule is CCCCN1C(=O)[C@H](CC(C)C)NC(=O)C12CCNCC2.Cl. The molecule has 0 aliphatic carbocycles. The first-order valence-corrected chi connectivity index (χ1v) is 8.34. The molecule has 2 amide bonds. The van der Waals surface area contributed by atoms with Crippen LogP contribution in [-0.2, 0) is 9.59 Å². The summed E-state index contributed by atoms with van der Waals surface area (Å²) in [6.45, 7) is 8.61. The number of nitrogens with zero attached hydrogens (tertiary/aromatic N) is 1. The summed E-state index contributed by atoms with van der Waals surface area (Å²) >= 11 is 0. The molecule has 0 radical (unpaired) electrons. The molecule has 0 unspecified atom stereocenters. The lowest BCUT2D eigenvalue weighted by Crippen LogP contribution is -2.72. The smallest absolute Gasteiger partial charge is 0.246 e. The molecule has 1 atom stereocenters. The van der Waals surface area contributed by atoms with Crippen molar-refractivity contribution in [2.24, 2.45) is 5.92 Å². The van der Waals surface area contributed by atoms with Gasteiger partial charge in [-0.25, -0.2) is 0 Å². The van der Waals surface area contributed by atoms with Crippen molar-refractivity contribution in [2.75, 3.05) is 19.6 Å². The van der Waals surface area contributed by atoms with Crippen LogP contribution < -0.4 is 10.6 Å². The lowest BCUT2D eigenvalue weighted by atomic mass is 9.81. The second-order valence-electron chi connectivity index (χ2n) is 6.78. The Morgan fingerprint density at radius 3 is 2.45 bits per heavy atom. The van der Waals surface area contributed by atoms with Gasteiger partial charge in [0.15, 0.2) is 0 Å². The van der Waals surface area contributed by atoms with Crippen LogP contribution in [-0.4, -0.2) is 47.9 Å². The highest BCUT2D eigenvalue weighted by Gasteiger charge is 2.52. The Morgan fingerprint density at radius 1 is 1.27 bits per heavy atom. The van der Waals surface area contributed by atoms with Crippen molar-refractivity contribution in [1.82, 2.24) is 15.5 Å². The number of unbranched alkanes of at least 4 members (excludes halogenated alkanes) is 1. The largest absolute Gasteiger partial charge is 0.342 e. The van der Waals surface area contributed by atoms with Gasteiger partial charge in [0, 0.05) is 6.54 Å². The molecule has 0 saturated carbocycles. The summed E-state index contributed by atoms with van der Waals surface area (Å²) in [7, 11) is 0. The van der Waals surface area contributed by atoms with Crippen LogP contribution in [0.15, 0.2) is 0 Å². The molecule has 6 heteroatoms. The highest BCUT2D eigenvalue weighted by atomic mass is 35.5. The number of hydrogen-bond acceptors (Lipinski definition) is 3. The van der Waals surface area contributed by atoms with E-state index in [2.05, 4.69) is 31.4 Å². The average Bonchev–Trinajstić information content (AvgIpc) is 2.45. The predicted molar refractivity (Wildman–Crippen MR) is 90.1 cm³/mol. The third kappa shape index (κ3) is 3.74. The Hall–Kier alpha value is -0.810. The van der Waals surface area contributed by atoms with Gasteiger partial charge in [0.2, 0.25) is 11.8 Å². The van der Waals surface area contributed by atoms with E-state index < -0.39 is 5.54 Å². The van der Waals surface area contributed by atoms with Crippen molar-refractivity contribution in [2.45, 2.75) is 64.5 Å². The number of carbonyl (C=O) groups is 2. The second kappa shape index (κ2) is 8.16. The van der Waals surface area contributed by atoms with Crippen LogP contribution in [0.5, 0.6) is 0 Å². The minimum Gasteiger partial charge on any atom is -0.342 e. The fourth-order valence-corrected chi connectivity index (χ4v) is 3.48. The Morgan fingerprint density at radius 2 is 1.91 bits per heavy atom. The molecule has 2 aliphatic rings. The molecule has 0 bridgehead atoms. The van der Waals surface area contributed by atoms with Crippen molar-refractivity contribution in [3.05, 3.63) is 0 Å². The molecule has 2 aliphatic heterocycles. The standard InChI is InChI=1S/C16H29N3O2.ClH/c1-4-5-10-19-14(20)13(11-12(2)3)18-15(21)16(19)6-8-17-9-7-16;/h12-13,17H,4-11H2,1-3H3,(H,18,21);1H/t13-;/m0./s1. The molecule has 2 rings (SSSR count). The van der Waals surface area contributed by atoms with Gasteiger partial charge in [0.1, 0.15) is 11.6 Å². The molecule has 5 nitrogen and oxygen atoms in total. The van der Waals surface area contributed by atoms with Crippen molar-refractivity contribution < 1.29 is 9.59 Å². The molecular formula is C16H30ClN3O2. The molecule has 0 aromatic heterocycles. The van der Waals surface area contributed by atoms with Gasteiger partial charge >= 0.3 is 0 Å². The van der Waals surface area contributed by atoms with Crippen molar-refractivity contribution in [3.8, 4) is 0 Å². The minimum atomic E-state index is -0.606. The normalized spacial score (nSPS) is 24.4. The molecule has 2 heterocycles. The van der Waals surface area contributed by atoms with Crippen LogP contribution in [0, 0.1) is 5.92 Å². The van der Waals surface area contributed by atoms with Crippen LogP contribution in [0.1, 0.15) is 52.9 Å². The highest BCUT2D eigenvalue weighted by molar-refractivity contribution is 6.00. The van der Waals surface area contributed by atoms with E-state index in [0.29, 0.717) is 12.5 Å². The topological polar surface area (TPSA) is 61.4 Å². The summed E-state index contributed by atoms with van der Waals surface area (Å²) in [4.78, 5) is 27.5. The van der Waals surface area contributed by atoms with Crippen molar-refractivity contribution >= 4 is 24.2 Å². The number of halogens is 1. The summed E-state index contributed by atoms with van der Waals surface area (Å²) in [6, 6.07) is -0.338. The average molecular weight is 332 g/mol. The first kappa shape index (κ1) is 19.2. The molecule has 2 saturated heterocycles. The van der Waals surface area contributed by atoms with E-state index in [-0.39, 0.29) is 30.3 Å². The number of piperidine rings is 1. The maximum atomic E-state index is 12.9. The molecule has 0 aromatic rings. The zero-order chi connectivity index (χ0) is 15.5. The Balaban J connectivity index is 0.00000242. The van der Waals surface area contributed by atoms with E-state index in [9.17, 15) is 9.59 Å². The van der Waals surface area contributed by atoms with Crippen molar-refractivity contribution in [1.29, 1.82) is 0 Å². The lowest BCUT2D eigenvalue weighted by Gasteiger charge is -2.50. The Kier molecular flexibility index (Phi) is 7.13. The van der Waals surface area contributed by atoms with Crippen LogP contribution >= 0.6 is 12.4 Å². The monoisotopic (exact) mass is 331 g/mol. The number of rotatable bonds is 5. The summed E-state index contributed by atoms with van der Waals surface area (Å²) in [5, 5.41) is 6.30. The van der Waals surface area contributed by atoms with Crippen LogP contribution in [0.3, 0.4) is 0 Å². The minimum absolute atomic E-state index is 0. The van der Waals surface area contributed by atoms with Gasteiger partial charge in [-0.05, 0) is 44.7 Å². The number of piperazine rings is 1. The zero-order valence-corrected chi connectivity index (χ0v) is 14.8. The first-order valence-electron chi connectivity index (χ1n) is 8.34. The molecule has 2 N–H and O–H groups in total. The van der Waals surface area contributed by atoms with E-state index in [1.54, 1.807) is 0 Å². The highest BCUT2D eigenvalue weighted by Crippen LogP contribution is 2.32. The van der Waals surface area contributed by atoms with Crippen LogP contribution in [0.4, 0.5) is 0 Å². The summed E-state index contributed by atoms with van der Waals surface area (Å²) in [6.07, 6.45) is 4.17. The van der Waals surface area contributed by atoms with E-state index >= 15 is 0 Å². The second-order valence-corrected chi connectivity index (χ2v) is 6.78. The van der Waals surface area contributed by atoms with Gasteiger partial charge in [0.25, 0.3) is 0 Å². The Labute approximate surface area is 140 Å². The third-order valence-electron chi connectivity index (χ3n) is 4.68. The molecule has 2 fully saturated rings. The molecular weight excluding hydrogens is 302 g/mol. The quantitative estimate of drug-likeness (QED) is 0.806. The first-order chi connectivity index (χ1) is 10.0. The molecule has 22 heavy (non-hydrogen) atoms. The maximum Gasteiger partial charge on any atom is 0.246 e. The van der Waals surface area contributed by atoms with E-state index in [1.165, 1.54) is 0 Å². The van der Waals surface area contributed by atoms with Gasteiger partial charge in [-0.15, -0.1) is 12.4 Å². The number of hydrogen-bond donors (Lipinski definition) is 2. The van der Waals surface area contributed by atoms with Gasteiger partial charge in [-0.2, -0.15) is 0 Å². The summed E-state index contributed by atoms with van der Waals surface area (Å²) < 4.78 is 0. The molecule has 1 spiro atoms. The summed E-state index contributed by atoms with van der Waals surface area (Å²) in [5.74, 6) is 0.582. The zero-order valence-electron chi connectivity index (χ0n) is 14.0. The van der Waals surface area contributed by atoms with Crippen LogP contribution in [0.25, 0.3) is 0 Å². The number of nitrogens with one attached hydrogen (secondary N) is 2. The van der Waals surface area contributed by atoms with Gasteiger partial charge in [-0.1, -0.05) is 27.2 Å². The molecule has 0 aromatic carbocycles. The van der Waals surface area contributed by atoms with Gasteiger partial charge in [0.05, 0.1) is 0 Å². The predicted octanol–water partition coefficient (Wildman–Crippen LogP) is 1.70. The third-order valence-corrected chi connectivity index (χ3v) is 4.68. The van der Waals surface area contributed by atoms with Gasteiger partial charge < -0.3 is 15.5 Å². The van der Waals surface area contributed by atoms with Crippen LogP contribution in [0.2, 0.25) is 0 Å². The van der Waals surface area contributed by atoms with Gasteiger partial charge in [-0.3, -0.25) is 9.59 Å². The number of carbonyl (C=O) groups excluding carboxylic acids is 2. The summed E-state index contributed by atoms with van der Waals surface area (Å²) in [5.41, 5.74) is -0.606. The fraction of sp³-hybridized carbons (Fsp3) is 0.875. The molecule has 128 valence electrons. The number of amides is 2. The lowest BCUT2D eigenvalue weighted by molar-refractivity contribution is -0.160.